The minimum Gasteiger partial charge on any atom is -0.383 e. The topological polar surface area (TPSA) is 102 Å². The third-order valence-corrected chi connectivity index (χ3v) is 6.94. The lowest BCUT2D eigenvalue weighted by molar-refractivity contribution is 1.04. The van der Waals surface area contributed by atoms with Crippen LogP contribution in [0.15, 0.2) is 66.6 Å². The van der Waals surface area contributed by atoms with Gasteiger partial charge in [-0.15, -0.1) is 11.3 Å². The van der Waals surface area contributed by atoms with Gasteiger partial charge in [0.05, 0.1) is 5.01 Å². The second-order valence-electron chi connectivity index (χ2n) is 8.50. The number of pyridine rings is 1. The summed E-state index contributed by atoms with van der Waals surface area (Å²) in [4.78, 5) is 17.3. The maximum Gasteiger partial charge on any atom is 0.131 e. The van der Waals surface area contributed by atoms with E-state index in [0.29, 0.717) is 18.9 Å². The van der Waals surface area contributed by atoms with Crippen LogP contribution in [-0.2, 0) is 19.5 Å². The fraction of sp³-hybridized carbons (Fsp3) is 0.185. The monoisotopic (exact) mass is 481 g/mol. The molecule has 0 saturated heterocycles. The molecule has 0 bridgehead atoms. The summed E-state index contributed by atoms with van der Waals surface area (Å²) in [7, 11) is 0. The molecule has 0 spiro atoms. The molecular weight excluding hydrogens is 454 g/mol. The molecule has 3 aromatic heterocycles. The average Bonchev–Trinajstić information content (AvgIpc) is 3.38. The third-order valence-electron chi connectivity index (χ3n) is 6.16. The number of nitrogens with one attached hydrogen (secondary N) is 2. The summed E-state index contributed by atoms with van der Waals surface area (Å²) in [5.41, 5.74) is 12.1. The second kappa shape index (κ2) is 10.1. The van der Waals surface area contributed by atoms with Crippen LogP contribution in [0.25, 0.3) is 10.8 Å². The fourth-order valence-electron chi connectivity index (χ4n) is 4.21. The molecule has 0 radical (unpaired) electrons. The number of aryl methyl sites for hydroxylation is 2. The summed E-state index contributed by atoms with van der Waals surface area (Å²) in [5, 5.41) is 12.1. The SMILES string of the molecule is Cc1cc2c(N)nccc2c(C)c1CNc1cc(NCc2ccc(Cc3nccs3)cc2)ncn1. The van der Waals surface area contributed by atoms with Gasteiger partial charge in [0.25, 0.3) is 0 Å². The molecule has 0 aliphatic rings. The lowest BCUT2D eigenvalue weighted by Crippen LogP contribution is -2.08. The van der Waals surface area contributed by atoms with Gasteiger partial charge in [0.1, 0.15) is 23.8 Å². The van der Waals surface area contributed by atoms with E-state index in [0.717, 1.165) is 33.8 Å². The van der Waals surface area contributed by atoms with Crippen LogP contribution in [0.4, 0.5) is 17.5 Å². The second-order valence-corrected chi connectivity index (χ2v) is 9.48. The van der Waals surface area contributed by atoms with Crippen molar-refractivity contribution < 1.29 is 0 Å². The summed E-state index contributed by atoms with van der Waals surface area (Å²) >= 11 is 1.68. The van der Waals surface area contributed by atoms with Gasteiger partial charge in [0, 0.05) is 48.7 Å². The van der Waals surface area contributed by atoms with Crippen molar-refractivity contribution in [2.45, 2.75) is 33.4 Å². The first-order valence-corrected chi connectivity index (χ1v) is 12.3. The normalized spacial score (nSPS) is 11.0. The summed E-state index contributed by atoms with van der Waals surface area (Å²) in [6, 6.07) is 14.7. The quantitative estimate of drug-likeness (QED) is 0.269. The number of fused-ring (bicyclic) bond motifs is 1. The molecule has 0 saturated carbocycles. The zero-order valence-electron chi connectivity index (χ0n) is 19.7. The highest BCUT2D eigenvalue weighted by Crippen LogP contribution is 2.28. The molecule has 0 aliphatic carbocycles. The third kappa shape index (κ3) is 5.22. The van der Waals surface area contributed by atoms with Crippen molar-refractivity contribution >= 4 is 39.6 Å². The van der Waals surface area contributed by atoms with Crippen molar-refractivity contribution in [3.05, 3.63) is 99.4 Å². The number of nitrogen functional groups attached to an aromatic ring is 1. The number of anilines is 3. The minimum atomic E-state index is 0.564. The number of benzene rings is 2. The van der Waals surface area contributed by atoms with Gasteiger partial charge in [-0.05, 0) is 59.2 Å². The van der Waals surface area contributed by atoms with Crippen molar-refractivity contribution in [3.63, 3.8) is 0 Å². The van der Waals surface area contributed by atoms with Gasteiger partial charge in [0.2, 0.25) is 0 Å². The Hall–Kier alpha value is -4.04. The standard InChI is InChI=1S/C27H27N7S/c1-17-11-22-21(7-8-30-27(22)28)18(2)23(17)15-32-25-13-24(33-16-34-25)31-14-20-5-3-19(4-6-20)12-26-29-9-10-35-26/h3-11,13,16H,12,14-15H2,1-2H3,(H2,28,30)(H2,31,32,33,34). The van der Waals surface area contributed by atoms with E-state index in [1.54, 1.807) is 23.9 Å². The first kappa shape index (κ1) is 22.7. The highest BCUT2D eigenvalue weighted by atomic mass is 32.1. The zero-order chi connectivity index (χ0) is 24.2. The largest absolute Gasteiger partial charge is 0.383 e. The summed E-state index contributed by atoms with van der Waals surface area (Å²) < 4.78 is 0. The Morgan fingerprint density at radius 3 is 2.29 bits per heavy atom. The highest BCUT2D eigenvalue weighted by Gasteiger charge is 2.10. The summed E-state index contributed by atoms with van der Waals surface area (Å²) in [5.74, 6) is 2.11. The van der Waals surface area contributed by atoms with Crippen LogP contribution in [0, 0.1) is 13.8 Å². The molecule has 176 valence electrons. The summed E-state index contributed by atoms with van der Waals surface area (Å²) in [6.07, 6.45) is 6.05. The smallest absolute Gasteiger partial charge is 0.131 e. The molecule has 3 heterocycles. The van der Waals surface area contributed by atoms with Gasteiger partial charge in [-0.2, -0.15) is 0 Å². The number of rotatable bonds is 8. The molecule has 0 fully saturated rings. The Morgan fingerprint density at radius 2 is 1.54 bits per heavy atom. The van der Waals surface area contributed by atoms with E-state index >= 15 is 0 Å². The molecule has 2 aromatic carbocycles. The number of aromatic nitrogens is 4. The number of hydrogen-bond donors (Lipinski definition) is 3. The molecule has 5 rings (SSSR count). The Kier molecular flexibility index (Phi) is 6.54. The molecule has 0 aliphatic heterocycles. The molecule has 0 atom stereocenters. The van der Waals surface area contributed by atoms with E-state index < -0.39 is 0 Å². The van der Waals surface area contributed by atoms with E-state index in [-0.39, 0.29) is 0 Å². The van der Waals surface area contributed by atoms with Gasteiger partial charge in [-0.25, -0.2) is 19.9 Å². The van der Waals surface area contributed by atoms with E-state index in [1.807, 2.05) is 23.7 Å². The van der Waals surface area contributed by atoms with Crippen molar-refractivity contribution in [2.75, 3.05) is 16.4 Å². The van der Waals surface area contributed by atoms with Crippen LogP contribution in [0.2, 0.25) is 0 Å². The molecular formula is C27H27N7S. The van der Waals surface area contributed by atoms with E-state index in [4.69, 9.17) is 5.73 Å². The van der Waals surface area contributed by atoms with E-state index in [2.05, 4.69) is 74.7 Å². The Balaban J connectivity index is 1.22. The van der Waals surface area contributed by atoms with Gasteiger partial charge in [0.15, 0.2) is 0 Å². The first-order valence-electron chi connectivity index (χ1n) is 11.5. The maximum absolute atomic E-state index is 6.08. The molecule has 35 heavy (non-hydrogen) atoms. The Labute approximate surface area is 208 Å². The number of nitrogens with zero attached hydrogens (tertiary/aromatic N) is 4. The fourth-order valence-corrected chi connectivity index (χ4v) is 4.86. The molecule has 8 heteroatoms. The molecule has 4 N–H and O–H groups in total. The van der Waals surface area contributed by atoms with E-state index in [1.165, 1.54) is 27.8 Å². The lowest BCUT2D eigenvalue weighted by atomic mass is 9.96. The van der Waals surface area contributed by atoms with Crippen LogP contribution in [-0.4, -0.2) is 19.9 Å². The van der Waals surface area contributed by atoms with E-state index in [9.17, 15) is 0 Å². The first-order chi connectivity index (χ1) is 17.1. The van der Waals surface area contributed by atoms with Gasteiger partial charge >= 0.3 is 0 Å². The minimum absolute atomic E-state index is 0.564. The van der Waals surface area contributed by atoms with Crippen molar-refractivity contribution in [3.8, 4) is 0 Å². The lowest BCUT2D eigenvalue weighted by Gasteiger charge is -2.15. The predicted molar refractivity (Wildman–Crippen MR) is 144 cm³/mol. The Morgan fingerprint density at radius 1 is 0.800 bits per heavy atom. The van der Waals surface area contributed by atoms with Crippen LogP contribution >= 0.6 is 11.3 Å². The van der Waals surface area contributed by atoms with Gasteiger partial charge in [-0.1, -0.05) is 24.3 Å². The average molecular weight is 482 g/mol. The molecule has 0 unspecified atom stereocenters. The van der Waals surface area contributed by atoms with Crippen molar-refractivity contribution in [1.82, 2.24) is 19.9 Å². The number of thiazole rings is 1. The van der Waals surface area contributed by atoms with Crippen LogP contribution in [0.1, 0.15) is 32.8 Å². The summed E-state index contributed by atoms with van der Waals surface area (Å²) in [6.45, 7) is 5.57. The molecule has 7 nitrogen and oxygen atoms in total. The van der Waals surface area contributed by atoms with Crippen molar-refractivity contribution in [1.29, 1.82) is 0 Å². The highest BCUT2D eigenvalue weighted by molar-refractivity contribution is 7.09. The zero-order valence-corrected chi connectivity index (χ0v) is 20.6. The maximum atomic E-state index is 6.08. The van der Waals surface area contributed by atoms with Crippen LogP contribution < -0.4 is 16.4 Å². The Bertz CT molecular complexity index is 1450. The van der Waals surface area contributed by atoms with Gasteiger partial charge in [-0.3, -0.25) is 0 Å². The van der Waals surface area contributed by atoms with Crippen molar-refractivity contribution in [2.24, 2.45) is 0 Å². The van der Waals surface area contributed by atoms with Crippen LogP contribution in [0.3, 0.4) is 0 Å². The molecule has 0 amide bonds. The van der Waals surface area contributed by atoms with Gasteiger partial charge < -0.3 is 16.4 Å². The predicted octanol–water partition coefficient (Wildman–Crippen LogP) is 5.50. The molecule has 5 aromatic rings. The van der Waals surface area contributed by atoms with Crippen LogP contribution in [0.5, 0.6) is 0 Å². The number of nitrogens with two attached hydrogens (primary N) is 1. The number of hydrogen-bond acceptors (Lipinski definition) is 8.